The highest BCUT2D eigenvalue weighted by molar-refractivity contribution is 5.90. The number of esters is 1. The second-order valence-corrected chi connectivity index (χ2v) is 5.93. The van der Waals surface area contributed by atoms with Gasteiger partial charge in [-0.2, -0.15) is 9.78 Å². The van der Waals surface area contributed by atoms with Gasteiger partial charge in [0.2, 0.25) is 0 Å². The summed E-state index contributed by atoms with van der Waals surface area (Å²) in [5.41, 5.74) is 2.70. The summed E-state index contributed by atoms with van der Waals surface area (Å²) < 4.78 is 19.3. The average Bonchev–Trinajstić information content (AvgIpc) is 2.63. The molecule has 0 saturated heterocycles. The number of nitrogens with zero attached hydrogens (tertiary/aromatic N) is 2. The van der Waals surface area contributed by atoms with E-state index in [1.165, 1.54) is 31.4 Å². The van der Waals surface area contributed by atoms with Crippen LogP contribution < -0.4 is 5.56 Å². The number of hydrogen-bond donors (Lipinski definition) is 0. The highest BCUT2D eigenvalue weighted by atomic mass is 19.1. The summed E-state index contributed by atoms with van der Waals surface area (Å²) in [6.45, 7) is 3.95. The third-order valence-electron chi connectivity index (χ3n) is 4.17. The lowest BCUT2D eigenvalue weighted by Crippen LogP contribution is -2.28. The Bertz CT molecular complexity index is 1060. The predicted octanol–water partition coefficient (Wildman–Crippen LogP) is 3.44. The van der Waals surface area contributed by atoms with Crippen molar-refractivity contribution in [3.63, 3.8) is 0 Å². The van der Waals surface area contributed by atoms with Crippen LogP contribution in [0.15, 0.2) is 53.3 Å². The zero-order chi connectivity index (χ0) is 18.8. The van der Waals surface area contributed by atoms with Crippen molar-refractivity contribution in [2.24, 2.45) is 0 Å². The second kappa shape index (κ2) is 6.92. The summed E-state index contributed by atoms with van der Waals surface area (Å²) in [5, 5.41) is 4.33. The van der Waals surface area contributed by atoms with Crippen molar-refractivity contribution in [1.82, 2.24) is 9.78 Å². The van der Waals surface area contributed by atoms with Gasteiger partial charge in [0.1, 0.15) is 11.4 Å². The summed E-state index contributed by atoms with van der Waals surface area (Å²) in [4.78, 5) is 24.7. The van der Waals surface area contributed by atoms with E-state index < -0.39 is 17.3 Å². The fourth-order valence-corrected chi connectivity index (χ4v) is 2.58. The Kier molecular flexibility index (Phi) is 4.67. The SMILES string of the molecule is COC(=O)c1cc(-c2ccc(C)c(C)c2)nn(-c2cccc(F)c2)c1=O. The third kappa shape index (κ3) is 3.26. The van der Waals surface area contributed by atoms with Crippen LogP contribution in [-0.2, 0) is 4.74 Å². The van der Waals surface area contributed by atoms with Crippen molar-refractivity contribution in [2.45, 2.75) is 13.8 Å². The molecule has 0 aliphatic rings. The monoisotopic (exact) mass is 352 g/mol. The molecule has 0 aliphatic carbocycles. The summed E-state index contributed by atoms with van der Waals surface area (Å²) in [6.07, 6.45) is 0. The molecule has 0 N–H and O–H groups in total. The zero-order valence-electron chi connectivity index (χ0n) is 14.6. The molecule has 0 unspecified atom stereocenters. The topological polar surface area (TPSA) is 61.2 Å². The van der Waals surface area contributed by atoms with Gasteiger partial charge in [-0.3, -0.25) is 4.79 Å². The number of rotatable bonds is 3. The predicted molar refractivity (Wildman–Crippen MR) is 96.0 cm³/mol. The molecule has 0 bridgehead atoms. The number of halogens is 1. The van der Waals surface area contributed by atoms with Crippen LogP contribution >= 0.6 is 0 Å². The van der Waals surface area contributed by atoms with Crippen molar-refractivity contribution in [3.8, 4) is 16.9 Å². The molecule has 26 heavy (non-hydrogen) atoms. The van der Waals surface area contributed by atoms with E-state index in [1.54, 1.807) is 6.07 Å². The molecule has 5 nitrogen and oxygen atoms in total. The summed E-state index contributed by atoms with van der Waals surface area (Å²) in [6, 6.07) is 12.6. The molecular formula is C20H17FN2O3. The van der Waals surface area contributed by atoms with Crippen molar-refractivity contribution in [3.05, 3.63) is 81.4 Å². The minimum Gasteiger partial charge on any atom is -0.465 e. The zero-order valence-corrected chi connectivity index (χ0v) is 14.6. The number of carbonyl (C=O) groups is 1. The Balaban J connectivity index is 2.29. The largest absolute Gasteiger partial charge is 0.465 e. The standard InChI is InChI=1S/C20H17FN2O3/c1-12-7-8-14(9-13(12)2)18-11-17(20(25)26-3)19(24)23(22-18)16-6-4-5-15(21)10-16/h4-11H,1-3H3. The van der Waals surface area contributed by atoms with Gasteiger partial charge in [-0.15, -0.1) is 0 Å². The Morgan fingerprint density at radius 1 is 1.08 bits per heavy atom. The maximum atomic E-state index is 13.6. The van der Waals surface area contributed by atoms with E-state index in [4.69, 9.17) is 4.74 Å². The molecule has 3 rings (SSSR count). The quantitative estimate of drug-likeness (QED) is 0.678. The van der Waals surface area contributed by atoms with Crippen LogP contribution in [0.2, 0.25) is 0 Å². The minimum atomic E-state index is -0.771. The summed E-state index contributed by atoms with van der Waals surface area (Å²) >= 11 is 0. The van der Waals surface area contributed by atoms with Crippen LogP contribution in [0, 0.1) is 19.7 Å². The fraction of sp³-hybridized carbons (Fsp3) is 0.150. The molecule has 0 atom stereocenters. The van der Waals surface area contributed by atoms with Crippen LogP contribution in [0.25, 0.3) is 16.9 Å². The van der Waals surface area contributed by atoms with E-state index in [1.807, 2.05) is 32.0 Å². The molecule has 0 spiro atoms. The van der Waals surface area contributed by atoms with Gasteiger partial charge < -0.3 is 4.74 Å². The molecule has 0 saturated carbocycles. The summed E-state index contributed by atoms with van der Waals surface area (Å²) in [5.74, 6) is -1.28. The Morgan fingerprint density at radius 2 is 1.85 bits per heavy atom. The first-order valence-corrected chi connectivity index (χ1v) is 7.97. The molecular weight excluding hydrogens is 335 g/mol. The van der Waals surface area contributed by atoms with E-state index >= 15 is 0 Å². The van der Waals surface area contributed by atoms with E-state index in [9.17, 15) is 14.0 Å². The first-order chi connectivity index (χ1) is 12.4. The van der Waals surface area contributed by atoms with Crippen LogP contribution in [0.3, 0.4) is 0 Å². The lowest BCUT2D eigenvalue weighted by Gasteiger charge is -2.11. The van der Waals surface area contributed by atoms with Crippen molar-refractivity contribution in [1.29, 1.82) is 0 Å². The second-order valence-electron chi connectivity index (χ2n) is 5.93. The molecule has 6 heteroatoms. The number of ether oxygens (including phenoxy) is 1. The van der Waals surface area contributed by atoms with E-state index in [2.05, 4.69) is 5.10 Å². The molecule has 0 aliphatic heterocycles. The number of aromatic nitrogens is 2. The lowest BCUT2D eigenvalue weighted by molar-refractivity contribution is 0.0598. The van der Waals surface area contributed by atoms with Gasteiger partial charge in [0.15, 0.2) is 0 Å². The smallest absolute Gasteiger partial charge is 0.343 e. The van der Waals surface area contributed by atoms with Crippen LogP contribution in [0.4, 0.5) is 4.39 Å². The van der Waals surface area contributed by atoms with Crippen LogP contribution in [-0.4, -0.2) is 22.9 Å². The molecule has 3 aromatic rings. The van der Waals surface area contributed by atoms with Gasteiger partial charge in [-0.05, 0) is 55.3 Å². The van der Waals surface area contributed by atoms with Gasteiger partial charge in [-0.25, -0.2) is 9.18 Å². The number of aryl methyl sites for hydroxylation is 2. The average molecular weight is 352 g/mol. The Labute approximate surface area is 149 Å². The Morgan fingerprint density at radius 3 is 2.50 bits per heavy atom. The molecule has 0 fully saturated rings. The number of hydrogen-bond acceptors (Lipinski definition) is 4. The maximum Gasteiger partial charge on any atom is 0.343 e. The van der Waals surface area contributed by atoms with E-state index in [0.29, 0.717) is 5.69 Å². The summed E-state index contributed by atoms with van der Waals surface area (Å²) in [7, 11) is 1.20. The number of carbonyl (C=O) groups excluding carboxylic acids is 1. The third-order valence-corrected chi connectivity index (χ3v) is 4.17. The van der Waals surface area contributed by atoms with E-state index in [-0.39, 0.29) is 11.3 Å². The van der Waals surface area contributed by atoms with Gasteiger partial charge in [-0.1, -0.05) is 18.2 Å². The molecule has 132 valence electrons. The fourth-order valence-electron chi connectivity index (χ4n) is 2.58. The first kappa shape index (κ1) is 17.5. The van der Waals surface area contributed by atoms with Crippen molar-refractivity contribution in [2.75, 3.05) is 7.11 Å². The maximum absolute atomic E-state index is 13.6. The lowest BCUT2D eigenvalue weighted by atomic mass is 10.0. The number of benzene rings is 2. The van der Waals surface area contributed by atoms with E-state index in [0.717, 1.165) is 21.4 Å². The van der Waals surface area contributed by atoms with Crippen molar-refractivity contribution < 1.29 is 13.9 Å². The molecule has 2 aromatic carbocycles. The molecule has 0 amide bonds. The minimum absolute atomic E-state index is 0.167. The van der Waals surface area contributed by atoms with Gasteiger partial charge >= 0.3 is 5.97 Å². The van der Waals surface area contributed by atoms with Gasteiger partial charge in [0.05, 0.1) is 18.5 Å². The van der Waals surface area contributed by atoms with Crippen molar-refractivity contribution >= 4 is 5.97 Å². The molecule has 1 heterocycles. The van der Waals surface area contributed by atoms with Gasteiger partial charge in [0.25, 0.3) is 5.56 Å². The highest BCUT2D eigenvalue weighted by Crippen LogP contribution is 2.21. The first-order valence-electron chi connectivity index (χ1n) is 7.97. The highest BCUT2D eigenvalue weighted by Gasteiger charge is 2.18. The Hall–Kier alpha value is -3.28. The number of methoxy groups -OCH3 is 1. The van der Waals surface area contributed by atoms with Gasteiger partial charge in [0, 0.05) is 5.56 Å². The normalized spacial score (nSPS) is 10.6. The molecule has 1 aromatic heterocycles. The van der Waals surface area contributed by atoms with Crippen LogP contribution in [0.5, 0.6) is 0 Å². The molecule has 0 radical (unpaired) electrons. The van der Waals surface area contributed by atoms with Crippen LogP contribution in [0.1, 0.15) is 21.5 Å².